The van der Waals surface area contributed by atoms with Crippen molar-refractivity contribution in [1.29, 1.82) is 0 Å². The average molecular weight is 189 g/mol. The summed E-state index contributed by atoms with van der Waals surface area (Å²) in [5, 5.41) is 3.63. The molecule has 0 aliphatic carbocycles. The molecule has 1 atom stereocenters. The van der Waals surface area contributed by atoms with Crippen molar-refractivity contribution in [3.8, 4) is 0 Å². The van der Waals surface area contributed by atoms with Gasteiger partial charge in [-0.2, -0.15) is 0 Å². The van der Waals surface area contributed by atoms with E-state index in [0.717, 1.165) is 12.5 Å². The molecule has 0 radical (unpaired) electrons. The van der Waals surface area contributed by atoms with Crippen molar-refractivity contribution >= 4 is 0 Å². The van der Waals surface area contributed by atoms with Gasteiger partial charge >= 0.3 is 0 Å². The number of nitrogens with one attached hydrogen (secondary N) is 1. The maximum atomic E-state index is 3.63. The SMILES string of the molecule is CC(C)CC1(C)NCc2ccccc21. The summed E-state index contributed by atoms with van der Waals surface area (Å²) >= 11 is 0. The van der Waals surface area contributed by atoms with Crippen LogP contribution in [0.15, 0.2) is 24.3 Å². The Morgan fingerprint density at radius 1 is 1.36 bits per heavy atom. The van der Waals surface area contributed by atoms with E-state index >= 15 is 0 Å². The highest BCUT2D eigenvalue weighted by Gasteiger charge is 2.33. The average Bonchev–Trinajstić information content (AvgIpc) is 2.44. The van der Waals surface area contributed by atoms with Crippen LogP contribution in [0.5, 0.6) is 0 Å². The summed E-state index contributed by atoms with van der Waals surface area (Å²) in [6.45, 7) is 7.92. The van der Waals surface area contributed by atoms with Gasteiger partial charge in [0.05, 0.1) is 0 Å². The van der Waals surface area contributed by atoms with Crippen molar-refractivity contribution in [3.63, 3.8) is 0 Å². The Balaban J connectivity index is 2.32. The Hall–Kier alpha value is -0.820. The number of benzene rings is 1. The number of hydrogen-bond acceptors (Lipinski definition) is 1. The molecule has 1 aromatic rings. The first kappa shape index (κ1) is 9.72. The fourth-order valence-corrected chi connectivity index (χ4v) is 2.60. The minimum atomic E-state index is 0.199. The summed E-state index contributed by atoms with van der Waals surface area (Å²) in [5.74, 6) is 0.735. The lowest BCUT2D eigenvalue weighted by Gasteiger charge is -2.28. The van der Waals surface area contributed by atoms with E-state index in [-0.39, 0.29) is 5.54 Å². The second-order valence-electron chi connectivity index (χ2n) is 4.94. The van der Waals surface area contributed by atoms with E-state index < -0.39 is 0 Å². The molecule has 0 saturated carbocycles. The van der Waals surface area contributed by atoms with Crippen LogP contribution in [0.25, 0.3) is 0 Å². The highest BCUT2D eigenvalue weighted by atomic mass is 15.0. The Labute approximate surface area is 86.5 Å². The van der Waals surface area contributed by atoms with Crippen LogP contribution in [0, 0.1) is 5.92 Å². The third-order valence-electron chi connectivity index (χ3n) is 3.10. The van der Waals surface area contributed by atoms with Gasteiger partial charge in [0.25, 0.3) is 0 Å². The van der Waals surface area contributed by atoms with Gasteiger partial charge in [0.2, 0.25) is 0 Å². The fourth-order valence-electron chi connectivity index (χ4n) is 2.60. The molecule has 0 fully saturated rings. The molecule has 0 bridgehead atoms. The van der Waals surface area contributed by atoms with Gasteiger partial charge in [-0.05, 0) is 30.4 Å². The molecule has 0 amide bonds. The zero-order valence-corrected chi connectivity index (χ0v) is 9.30. The molecule has 1 aromatic carbocycles. The molecule has 1 unspecified atom stereocenters. The fraction of sp³-hybridized carbons (Fsp3) is 0.538. The van der Waals surface area contributed by atoms with Gasteiger partial charge in [0.15, 0.2) is 0 Å². The van der Waals surface area contributed by atoms with E-state index in [4.69, 9.17) is 0 Å². The van der Waals surface area contributed by atoms with Crippen molar-refractivity contribution in [3.05, 3.63) is 35.4 Å². The molecule has 1 N–H and O–H groups in total. The van der Waals surface area contributed by atoms with Crippen LogP contribution >= 0.6 is 0 Å². The molecule has 14 heavy (non-hydrogen) atoms. The van der Waals surface area contributed by atoms with Gasteiger partial charge < -0.3 is 5.32 Å². The normalized spacial score (nSPS) is 25.4. The molecule has 2 rings (SSSR count). The summed E-state index contributed by atoms with van der Waals surface area (Å²) in [6, 6.07) is 8.76. The van der Waals surface area contributed by atoms with Crippen molar-refractivity contribution in [2.45, 2.75) is 39.3 Å². The van der Waals surface area contributed by atoms with Crippen molar-refractivity contribution in [2.75, 3.05) is 0 Å². The lowest BCUT2D eigenvalue weighted by Crippen LogP contribution is -2.34. The molecule has 1 heteroatoms. The zero-order chi connectivity index (χ0) is 10.2. The van der Waals surface area contributed by atoms with Crippen molar-refractivity contribution < 1.29 is 0 Å². The van der Waals surface area contributed by atoms with E-state index in [1.54, 1.807) is 0 Å². The molecule has 1 aliphatic heterocycles. The summed E-state index contributed by atoms with van der Waals surface area (Å²) in [7, 11) is 0. The van der Waals surface area contributed by atoms with Crippen LogP contribution in [0.2, 0.25) is 0 Å². The lowest BCUT2D eigenvalue weighted by molar-refractivity contribution is 0.320. The first-order chi connectivity index (χ1) is 6.62. The third-order valence-corrected chi connectivity index (χ3v) is 3.10. The lowest BCUT2D eigenvalue weighted by atomic mass is 9.85. The number of fused-ring (bicyclic) bond motifs is 1. The second-order valence-corrected chi connectivity index (χ2v) is 4.94. The molecule has 76 valence electrons. The Morgan fingerprint density at radius 2 is 2.07 bits per heavy atom. The third kappa shape index (κ3) is 1.57. The smallest absolute Gasteiger partial charge is 0.0414 e. The van der Waals surface area contributed by atoms with Gasteiger partial charge in [0.1, 0.15) is 0 Å². The van der Waals surface area contributed by atoms with Gasteiger partial charge in [-0.3, -0.25) is 0 Å². The Morgan fingerprint density at radius 3 is 2.79 bits per heavy atom. The monoisotopic (exact) mass is 189 g/mol. The van der Waals surface area contributed by atoms with E-state index in [1.165, 1.54) is 17.5 Å². The van der Waals surface area contributed by atoms with E-state index in [2.05, 4.69) is 50.4 Å². The highest BCUT2D eigenvalue weighted by molar-refractivity contribution is 5.37. The molecular formula is C13H19N. The zero-order valence-electron chi connectivity index (χ0n) is 9.30. The molecule has 0 saturated heterocycles. The predicted molar refractivity (Wildman–Crippen MR) is 60.1 cm³/mol. The molecule has 0 spiro atoms. The number of hydrogen-bond donors (Lipinski definition) is 1. The Kier molecular flexibility index (Phi) is 2.36. The molecule has 1 nitrogen and oxygen atoms in total. The summed E-state index contributed by atoms with van der Waals surface area (Å²) in [6.07, 6.45) is 1.21. The van der Waals surface area contributed by atoms with Crippen LogP contribution in [-0.4, -0.2) is 0 Å². The number of rotatable bonds is 2. The van der Waals surface area contributed by atoms with E-state index in [1.807, 2.05) is 0 Å². The van der Waals surface area contributed by atoms with E-state index in [0.29, 0.717) is 0 Å². The summed E-state index contributed by atoms with van der Waals surface area (Å²) < 4.78 is 0. The Bertz CT molecular complexity index is 330. The summed E-state index contributed by atoms with van der Waals surface area (Å²) in [4.78, 5) is 0. The van der Waals surface area contributed by atoms with Crippen LogP contribution in [-0.2, 0) is 12.1 Å². The van der Waals surface area contributed by atoms with Crippen LogP contribution in [0.4, 0.5) is 0 Å². The first-order valence-electron chi connectivity index (χ1n) is 5.45. The minimum absolute atomic E-state index is 0.199. The van der Waals surface area contributed by atoms with Gasteiger partial charge in [-0.25, -0.2) is 0 Å². The highest BCUT2D eigenvalue weighted by Crippen LogP contribution is 2.35. The minimum Gasteiger partial charge on any atom is -0.303 e. The van der Waals surface area contributed by atoms with Crippen molar-refractivity contribution in [1.82, 2.24) is 5.32 Å². The largest absolute Gasteiger partial charge is 0.303 e. The van der Waals surface area contributed by atoms with Crippen LogP contribution in [0.1, 0.15) is 38.3 Å². The van der Waals surface area contributed by atoms with Crippen LogP contribution < -0.4 is 5.32 Å². The maximum Gasteiger partial charge on any atom is 0.0414 e. The molecule has 1 aliphatic rings. The maximum absolute atomic E-state index is 3.63. The van der Waals surface area contributed by atoms with E-state index in [9.17, 15) is 0 Å². The topological polar surface area (TPSA) is 12.0 Å². The second kappa shape index (κ2) is 3.39. The molecular weight excluding hydrogens is 170 g/mol. The van der Waals surface area contributed by atoms with Crippen LogP contribution in [0.3, 0.4) is 0 Å². The van der Waals surface area contributed by atoms with Gasteiger partial charge in [-0.15, -0.1) is 0 Å². The molecule has 0 aromatic heterocycles. The van der Waals surface area contributed by atoms with Gasteiger partial charge in [-0.1, -0.05) is 38.1 Å². The van der Waals surface area contributed by atoms with Gasteiger partial charge in [0, 0.05) is 12.1 Å². The first-order valence-corrected chi connectivity index (χ1v) is 5.45. The predicted octanol–water partition coefficient (Wildman–Crippen LogP) is 3.05. The molecule has 1 heterocycles. The standard InChI is InChI=1S/C13H19N/c1-10(2)8-13(3)12-7-5-4-6-11(12)9-14-13/h4-7,10,14H,8-9H2,1-3H3. The van der Waals surface area contributed by atoms with Crippen molar-refractivity contribution in [2.24, 2.45) is 5.92 Å². The summed E-state index contributed by atoms with van der Waals surface area (Å²) in [5.41, 5.74) is 3.16. The quantitative estimate of drug-likeness (QED) is 0.754.